The molecule has 114 valence electrons. The van der Waals surface area contributed by atoms with Crippen LogP contribution in [0.5, 0.6) is 0 Å². The van der Waals surface area contributed by atoms with Crippen LogP contribution in [0.2, 0.25) is 0 Å². The number of nitrogens with one attached hydrogen (secondary N) is 1. The molecule has 0 unspecified atom stereocenters. The Balaban J connectivity index is 1.81. The Kier molecular flexibility index (Phi) is 3.94. The summed E-state index contributed by atoms with van der Waals surface area (Å²) in [6.45, 7) is 4.23. The molecule has 6 nitrogen and oxygen atoms in total. The molecule has 0 bridgehead atoms. The average Bonchev–Trinajstić information content (AvgIpc) is 2.43. The topological polar surface area (TPSA) is 71.3 Å². The van der Waals surface area contributed by atoms with Crippen LogP contribution in [-0.4, -0.2) is 29.0 Å². The molecule has 1 N–H and O–H groups in total. The fraction of sp³-hybridized carbons (Fsp3) is 0.667. The van der Waals surface area contributed by atoms with Crippen molar-refractivity contribution in [2.24, 2.45) is 5.92 Å². The largest absolute Gasteiger partial charge is 0.362 e. The maximum Gasteiger partial charge on any atom is 0.311 e. The van der Waals surface area contributed by atoms with Gasteiger partial charge in [0.1, 0.15) is 5.82 Å². The number of rotatable bonds is 4. The lowest BCUT2D eigenvalue weighted by atomic mass is 9.93. The number of anilines is 2. The third-order valence-electron chi connectivity index (χ3n) is 4.61. The predicted octanol–water partition coefficient (Wildman–Crippen LogP) is 3.19. The maximum atomic E-state index is 11.2. The molecule has 1 aliphatic carbocycles. The van der Waals surface area contributed by atoms with Gasteiger partial charge in [-0.15, -0.1) is 0 Å². The van der Waals surface area contributed by atoms with Crippen LogP contribution < -0.4 is 10.2 Å². The molecular formula is C15H22N4O2. The molecular weight excluding hydrogens is 268 g/mol. The van der Waals surface area contributed by atoms with Crippen LogP contribution in [0.25, 0.3) is 0 Å². The van der Waals surface area contributed by atoms with Crippen molar-refractivity contribution in [2.75, 3.05) is 23.3 Å². The van der Waals surface area contributed by atoms with Crippen molar-refractivity contribution in [3.63, 3.8) is 0 Å². The molecule has 1 aliphatic heterocycles. The van der Waals surface area contributed by atoms with Gasteiger partial charge in [-0.2, -0.15) is 0 Å². The highest BCUT2D eigenvalue weighted by Crippen LogP contribution is 2.31. The zero-order valence-corrected chi connectivity index (χ0v) is 12.4. The van der Waals surface area contributed by atoms with Gasteiger partial charge in [-0.05, 0) is 44.1 Å². The van der Waals surface area contributed by atoms with Crippen molar-refractivity contribution in [1.29, 1.82) is 0 Å². The second-order valence-electron chi connectivity index (χ2n) is 6.24. The fourth-order valence-electron chi connectivity index (χ4n) is 2.85. The SMILES string of the molecule is CC1CCN(c2ccc([N+](=O)[O-])c(NC3CCC3)n2)CC1. The number of pyridine rings is 1. The number of nitrogens with zero attached hydrogens (tertiary/aromatic N) is 3. The molecule has 2 heterocycles. The summed E-state index contributed by atoms with van der Waals surface area (Å²) >= 11 is 0. The zero-order chi connectivity index (χ0) is 14.8. The van der Waals surface area contributed by atoms with Crippen molar-refractivity contribution < 1.29 is 4.92 Å². The lowest BCUT2D eigenvalue weighted by molar-refractivity contribution is -0.384. The van der Waals surface area contributed by atoms with Gasteiger partial charge < -0.3 is 10.2 Å². The van der Waals surface area contributed by atoms with E-state index >= 15 is 0 Å². The molecule has 3 rings (SSSR count). The summed E-state index contributed by atoms with van der Waals surface area (Å²) in [7, 11) is 0. The Bertz CT molecular complexity index is 522. The molecule has 6 heteroatoms. The Labute approximate surface area is 124 Å². The lowest BCUT2D eigenvalue weighted by Gasteiger charge is -2.32. The smallest absolute Gasteiger partial charge is 0.311 e. The van der Waals surface area contributed by atoms with Gasteiger partial charge in [0, 0.05) is 25.2 Å². The van der Waals surface area contributed by atoms with Crippen LogP contribution in [0.4, 0.5) is 17.3 Å². The molecule has 0 amide bonds. The highest BCUT2D eigenvalue weighted by atomic mass is 16.6. The summed E-state index contributed by atoms with van der Waals surface area (Å²) in [5.41, 5.74) is 0.0797. The van der Waals surface area contributed by atoms with Crippen molar-refractivity contribution in [2.45, 2.75) is 45.1 Å². The van der Waals surface area contributed by atoms with Gasteiger partial charge in [-0.25, -0.2) is 4.98 Å². The quantitative estimate of drug-likeness (QED) is 0.681. The third kappa shape index (κ3) is 3.09. The summed E-state index contributed by atoms with van der Waals surface area (Å²) in [6, 6.07) is 3.70. The van der Waals surface area contributed by atoms with Crippen molar-refractivity contribution in [3.05, 3.63) is 22.2 Å². The zero-order valence-electron chi connectivity index (χ0n) is 12.4. The van der Waals surface area contributed by atoms with E-state index in [2.05, 4.69) is 22.1 Å². The average molecular weight is 290 g/mol. The Morgan fingerprint density at radius 1 is 1.29 bits per heavy atom. The lowest BCUT2D eigenvalue weighted by Crippen LogP contribution is -2.34. The van der Waals surface area contributed by atoms with Crippen LogP contribution in [-0.2, 0) is 0 Å². The van der Waals surface area contributed by atoms with Gasteiger partial charge in [0.2, 0.25) is 5.82 Å². The standard InChI is InChI=1S/C15H22N4O2/c1-11-7-9-18(10-8-11)14-6-5-13(19(20)21)15(17-14)16-12-3-2-4-12/h5-6,11-12H,2-4,7-10H2,1H3,(H,16,17). The first-order chi connectivity index (χ1) is 10.1. The van der Waals surface area contributed by atoms with Gasteiger partial charge in [0.05, 0.1) is 4.92 Å². The highest BCUT2D eigenvalue weighted by molar-refractivity contribution is 5.61. The number of aromatic nitrogens is 1. The molecule has 2 fully saturated rings. The van der Waals surface area contributed by atoms with E-state index in [1.54, 1.807) is 12.1 Å². The van der Waals surface area contributed by atoms with E-state index in [0.717, 1.165) is 50.5 Å². The van der Waals surface area contributed by atoms with E-state index in [-0.39, 0.29) is 10.6 Å². The van der Waals surface area contributed by atoms with E-state index in [9.17, 15) is 10.1 Å². The van der Waals surface area contributed by atoms with Crippen molar-refractivity contribution in [1.82, 2.24) is 4.98 Å². The van der Waals surface area contributed by atoms with Gasteiger partial charge in [0.25, 0.3) is 0 Å². The van der Waals surface area contributed by atoms with Crippen LogP contribution in [0.15, 0.2) is 12.1 Å². The molecule has 0 radical (unpaired) electrons. The van der Waals surface area contributed by atoms with Crippen LogP contribution in [0.1, 0.15) is 39.0 Å². The molecule has 1 saturated carbocycles. The number of hydrogen-bond acceptors (Lipinski definition) is 5. The van der Waals surface area contributed by atoms with Gasteiger partial charge in [-0.1, -0.05) is 6.92 Å². The molecule has 1 saturated heterocycles. The maximum absolute atomic E-state index is 11.2. The normalized spacial score (nSPS) is 20.1. The molecule has 0 aromatic carbocycles. The minimum atomic E-state index is -0.351. The minimum Gasteiger partial charge on any atom is -0.362 e. The van der Waals surface area contributed by atoms with Gasteiger partial charge >= 0.3 is 5.69 Å². The number of nitro groups is 1. The molecule has 0 atom stereocenters. The first-order valence-electron chi connectivity index (χ1n) is 7.80. The first-order valence-corrected chi connectivity index (χ1v) is 7.80. The van der Waals surface area contributed by atoms with Crippen molar-refractivity contribution >= 4 is 17.3 Å². The molecule has 21 heavy (non-hydrogen) atoms. The van der Waals surface area contributed by atoms with Gasteiger partial charge in [-0.3, -0.25) is 10.1 Å². The molecule has 1 aromatic heterocycles. The van der Waals surface area contributed by atoms with E-state index in [4.69, 9.17) is 0 Å². The van der Waals surface area contributed by atoms with Crippen molar-refractivity contribution in [3.8, 4) is 0 Å². The van der Waals surface area contributed by atoms with Crippen LogP contribution >= 0.6 is 0 Å². The minimum absolute atomic E-state index is 0.0797. The van der Waals surface area contributed by atoms with E-state index in [0.29, 0.717) is 11.9 Å². The summed E-state index contributed by atoms with van der Waals surface area (Å²) in [4.78, 5) is 17.6. The Morgan fingerprint density at radius 2 is 2.00 bits per heavy atom. The molecule has 0 spiro atoms. The highest BCUT2D eigenvalue weighted by Gasteiger charge is 2.25. The second-order valence-corrected chi connectivity index (χ2v) is 6.24. The third-order valence-corrected chi connectivity index (χ3v) is 4.61. The Morgan fingerprint density at radius 3 is 2.57 bits per heavy atom. The summed E-state index contributed by atoms with van der Waals surface area (Å²) in [5, 5.41) is 14.4. The van der Waals surface area contributed by atoms with E-state index < -0.39 is 0 Å². The second kappa shape index (κ2) is 5.87. The number of hydrogen-bond donors (Lipinski definition) is 1. The number of piperidine rings is 1. The molecule has 2 aliphatic rings. The predicted molar refractivity (Wildman–Crippen MR) is 82.8 cm³/mol. The fourth-order valence-corrected chi connectivity index (χ4v) is 2.85. The summed E-state index contributed by atoms with van der Waals surface area (Å²) in [5.74, 6) is 2.04. The van der Waals surface area contributed by atoms with E-state index in [1.807, 2.05) is 0 Å². The summed E-state index contributed by atoms with van der Waals surface area (Å²) in [6.07, 6.45) is 5.65. The summed E-state index contributed by atoms with van der Waals surface area (Å²) < 4.78 is 0. The Hall–Kier alpha value is -1.85. The first kappa shape index (κ1) is 14.1. The molecule has 1 aromatic rings. The van der Waals surface area contributed by atoms with Crippen LogP contribution in [0, 0.1) is 16.0 Å². The van der Waals surface area contributed by atoms with E-state index in [1.165, 1.54) is 6.42 Å². The monoisotopic (exact) mass is 290 g/mol. The van der Waals surface area contributed by atoms with Crippen LogP contribution in [0.3, 0.4) is 0 Å². The van der Waals surface area contributed by atoms with Gasteiger partial charge in [0.15, 0.2) is 0 Å².